The van der Waals surface area contributed by atoms with E-state index in [0.717, 1.165) is 5.56 Å². The third-order valence-corrected chi connectivity index (χ3v) is 4.76. The van der Waals surface area contributed by atoms with Gasteiger partial charge in [-0.2, -0.15) is 0 Å². The summed E-state index contributed by atoms with van der Waals surface area (Å²) in [5.74, 6) is -0.491. The summed E-state index contributed by atoms with van der Waals surface area (Å²) >= 11 is 0. The topological polar surface area (TPSA) is 102 Å². The number of sulfonamides is 1. The van der Waals surface area contributed by atoms with Crippen LogP contribution in [0.4, 0.5) is 5.69 Å². The van der Waals surface area contributed by atoms with Gasteiger partial charge < -0.3 is 14.6 Å². The number of methoxy groups -OCH3 is 2. The first-order valence-corrected chi connectivity index (χ1v) is 8.35. The Balaban J connectivity index is 2.41. The van der Waals surface area contributed by atoms with Gasteiger partial charge in [-0.1, -0.05) is 0 Å². The van der Waals surface area contributed by atoms with Crippen molar-refractivity contribution in [1.29, 1.82) is 0 Å². The number of hydrogen-bond donors (Lipinski definition) is 2. The molecular weight excluding hydrogens is 334 g/mol. The first-order chi connectivity index (χ1) is 11.3. The van der Waals surface area contributed by atoms with Gasteiger partial charge in [0.2, 0.25) is 0 Å². The molecule has 128 valence electrons. The van der Waals surface area contributed by atoms with Crippen LogP contribution in [-0.4, -0.2) is 33.7 Å². The average Bonchev–Trinajstić information content (AvgIpc) is 2.54. The summed E-state index contributed by atoms with van der Waals surface area (Å²) in [6, 6.07) is 8.32. The van der Waals surface area contributed by atoms with E-state index >= 15 is 0 Å². The molecule has 0 atom stereocenters. The Morgan fingerprint density at radius 2 is 1.62 bits per heavy atom. The molecular formula is C16H17NO6S. The van der Waals surface area contributed by atoms with E-state index in [1.807, 2.05) is 0 Å². The Labute approximate surface area is 139 Å². The molecule has 0 aliphatic heterocycles. The second-order valence-electron chi connectivity index (χ2n) is 4.96. The van der Waals surface area contributed by atoms with Gasteiger partial charge in [0.15, 0.2) is 0 Å². The van der Waals surface area contributed by atoms with Gasteiger partial charge in [-0.05, 0) is 42.8 Å². The number of aromatic carboxylic acids is 1. The molecule has 24 heavy (non-hydrogen) atoms. The van der Waals surface area contributed by atoms with E-state index < -0.39 is 16.0 Å². The molecule has 0 saturated carbocycles. The first-order valence-electron chi connectivity index (χ1n) is 6.87. The molecule has 0 aromatic heterocycles. The largest absolute Gasteiger partial charge is 0.496 e. The zero-order valence-corrected chi connectivity index (χ0v) is 14.2. The van der Waals surface area contributed by atoms with Crippen molar-refractivity contribution in [3.05, 3.63) is 47.5 Å². The summed E-state index contributed by atoms with van der Waals surface area (Å²) in [6.07, 6.45) is 0. The zero-order valence-electron chi connectivity index (χ0n) is 13.4. The van der Waals surface area contributed by atoms with Gasteiger partial charge in [-0.25, -0.2) is 13.2 Å². The zero-order chi connectivity index (χ0) is 17.9. The number of aryl methyl sites for hydroxylation is 1. The molecule has 0 radical (unpaired) electrons. The number of carboxylic acid groups (broad SMARTS) is 1. The summed E-state index contributed by atoms with van der Waals surface area (Å²) in [7, 11) is -1.12. The molecule has 0 aliphatic carbocycles. The van der Waals surface area contributed by atoms with Crippen LogP contribution in [-0.2, 0) is 10.0 Å². The maximum atomic E-state index is 12.6. The molecule has 8 heteroatoms. The number of nitrogens with one attached hydrogen (secondary N) is 1. The van der Waals surface area contributed by atoms with Gasteiger partial charge in [-0.15, -0.1) is 0 Å². The van der Waals surface area contributed by atoms with E-state index in [1.54, 1.807) is 13.0 Å². The highest BCUT2D eigenvalue weighted by molar-refractivity contribution is 7.92. The Morgan fingerprint density at radius 3 is 2.12 bits per heavy atom. The van der Waals surface area contributed by atoms with Gasteiger partial charge in [-0.3, -0.25) is 4.72 Å². The van der Waals surface area contributed by atoms with Crippen molar-refractivity contribution < 1.29 is 27.8 Å². The van der Waals surface area contributed by atoms with E-state index in [-0.39, 0.29) is 21.9 Å². The molecule has 0 spiro atoms. The van der Waals surface area contributed by atoms with Gasteiger partial charge in [0.1, 0.15) is 16.4 Å². The predicted octanol–water partition coefficient (Wildman–Crippen LogP) is 2.51. The van der Waals surface area contributed by atoms with E-state index in [2.05, 4.69) is 4.72 Å². The third kappa shape index (κ3) is 3.60. The Bertz CT molecular complexity index is 859. The highest BCUT2D eigenvalue weighted by atomic mass is 32.2. The fraction of sp³-hybridized carbons (Fsp3) is 0.188. The fourth-order valence-corrected chi connectivity index (χ4v) is 3.35. The average molecular weight is 351 g/mol. The number of ether oxygens (including phenoxy) is 2. The van der Waals surface area contributed by atoms with Crippen molar-refractivity contribution in [2.24, 2.45) is 0 Å². The number of carboxylic acids is 1. The second kappa shape index (κ2) is 6.79. The molecule has 0 saturated heterocycles. The Morgan fingerprint density at radius 1 is 1.04 bits per heavy atom. The van der Waals surface area contributed by atoms with E-state index in [9.17, 15) is 13.2 Å². The summed E-state index contributed by atoms with van der Waals surface area (Å²) in [4.78, 5) is 10.8. The normalized spacial score (nSPS) is 11.0. The van der Waals surface area contributed by atoms with Gasteiger partial charge in [0, 0.05) is 11.8 Å². The van der Waals surface area contributed by atoms with E-state index in [0.29, 0.717) is 5.75 Å². The summed E-state index contributed by atoms with van der Waals surface area (Å²) in [5.41, 5.74) is 1.04. The van der Waals surface area contributed by atoms with Crippen LogP contribution in [0.3, 0.4) is 0 Å². The molecule has 2 N–H and O–H groups in total. The minimum absolute atomic E-state index is 0.0625. The highest BCUT2D eigenvalue weighted by Crippen LogP contribution is 2.32. The molecule has 0 aliphatic rings. The Hall–Kier alpha value is -2.74. The van der Waals surface area contributed by atoms with Crippen molar-refractivity contribution in [3.8, 4) is 11.5 Å². The SMILES string of the molecule is COc1cc(S(=O)(=O)Nc2ccc(C(=O)O)cc2)c(OC)cc1C. The van der Waals surface area contributed by atoms with Crippen molar-refractivity contribution in [1.82, 2.24) is 0 Å². The van der Waals surface area contributed by atoms with Crippen molar-refractivity contribution >= 4 is 21.7 Å². The second-order valence-corrected chi connectivity index (χ2v) is 6.61. The molecule has 0 unspecified atom stereocenters. The van der Waals surface area contributed by atoms with Crippen LogP contribution in [0.5, 0.6) is 11.5 Å². The van der Waals surface area contributed by atoms with Crippen LogP contribution < -0.4 is 14.2 Å². The molecule has 2 aromatic rings. The highest BCUT2D eigenvalue weighted by Gasteiger charge is 2.22. The van der Waals surface area contributed by atoms with Crippen LogP contribution in [0.2, 0.25) is 0 Å². The lowest BCUT2D eigenvalue weighted by Gasteiger charge is -2.14. The van der Waals surface area contributed by atoms with Crippen molar-refractivity contribution in [2.45, 2.75) is 11.8 Å². The summed E-state index contributed by atoms with van der Waals surface area (Å²) < 4.78 is 37.9. The van der Waals surface area contributed by atoms with Gasteiger partial charge >= 0.3 is 5.97 Å². The molecule has 0 heterocycles. The van der Waals surface area contributed by atoms with Gasteiger partial charge in [0.25, 0.3) is 10.0 Å². The number of benzene rings is 2. The quantitative estimate of drug-likeness (QED) is 0.829. The summed E-state index contributed by atoms with van der Waals surface area (Å²) in [6.45, 7) is 1.77. The van der Waals surface area contributed by atoms with Crippen LogP contribution in [0.25, 0.3) is 0 Å². The monoisotopic (exact) mass is 351 g/mol. The predicted molar refractivity (Wildman–Crippen MR) is 88.5 cm³/mol. The lowest BCUT2D eigenvalue weighted by Crippen LogP contribution is -2.14. The van der Waals surface area contributed by atoms with E-state index in [4.69, 9.17) is 14.6 Å². The minimum atomic E-state index is -3.94. The Kier molecular flexibility index (Phi) is 4.99. The number of rotatable bonds is 6. The lowest BCUT2D eigenvalue weighted by molar-refractivity contribution is 0.0697. The van der Waals surface area contributed by atoms with Crippen LogP contribution in [0.15, 0.2) is 41.3 Å². The minimum Gasteiger partial charge on any atom is -0.496 e. The lowest BCUT2D eigenvalue weighted by atomic mass is 10.2. The maximum absolute atomic E-state index is 12.6. The molecule has 0 amide bonds. The van der Waals surface area contributed by atoms with Crippen LogP contribution >= 0.6 is 0 Å². The number of hydrogen-bond acceptors (Lipinski definition) is 5. The molecule has 7 nitrogen and oxygen atoms in total. The van der Waals surface area contributed by atoms with Gasteiger partial charge in [0.05, 0.1) is 19.8 Å². The smallest absolute Gasteiger partial charge is 0.335 e. The fourth-order valence-electron chi connectivity index (χ4n) is 2.12. The third-order valence-electron chi connectivity index (χ3n) is 3.35. The number of anilines is 1. The van der Waals surface area contributed by atoms with Crippen molar-refractivity contribution in [2.75, 3.05) is 18.9 Å². The van der Waals surface area contributed by atoms with Crippen LogP contribution in [0.1, 0.15) is 15.9 Å². The van der Waals surface area contributed by atoms with Crippen LogP contribution in [0, 0.1) is 6.92 Å². The molecule has 2 aromatic carbocycles. The van der Waals surface area contributed by atoms with Crippen molar-refractivity contribution in [3.63, 3.8) is 0 Å². The van der Waals surface area contributed by atoms with E-state index in [1.165, 1.54) is 44.6 Å². The summed E-state index contributed by atoms with van der Waals surface area (Å²) in [5, 5.41) is 8.87. The maximum Gasteiger partial charge on any atom is 0.335 e. The molecule has 2 rings (SSSR count). The molecule has 0 bridgehead atoms. The standard InChI is InChI=1S/C16H17NO6S/c1-10-8-14(23-3)15(9-13(10)22-2)24(20,21)17-12-6-4-11(5-7-12)16(18)19/h4-9,17H,1-3H3,(H,18,19). The molecule has 0 fully saturated rings. The number of carbonyl (C=O) groups is 1. The first kappa shape index (κ1) is 17.6.